The van der Waals surface area contributed by atoms with Gasteiger partial charge in [-0.3, -0.25) is 0 Å². The van der Waals surface area contributed by atoms with Crippen LogP contribution in [0, 0.1) is 0 Å². The van der Waals surface area contributed by atoms with Gasteiger partial charge >= 0.3 is 0 Å². The second-order valence-corrected chi connectivity index (χ2v) is 3.73. The van der Waals surface area contributed by atoms with Crippen LogP contribution in [0.4, 0.5) is 8.78 Å². The molecule has 1 aromatic rings. The van der Waals surface area contributed by atoms with Crippen LogP contribution in [0.1, 0.15) is 23.6 Å². The largest absolute Gasteiger partial charge is 0.394 e. The number of alkyl halides is 2. The number of aliphatic hydroxyl groups excluding tert-OH is 1. The lowest BCUT2D eigenvalue weighted by molar-refractivity contribution is 0.151. The minimum atomic E-state index is -2.49. The van der Waals surface area contributed by atoms with Gasteiger partial charge in [-0.1, -0.05) is 28.1 Å². The molecule has 0 amide bonds. The molecule has 14 heavy (non-hydrogen) atoms. The molecule has 0 radical (unpaired) electrons. The van der Waals surface area contributed by atoms with Crippen molar-refractivity contribution in [3.63, 3.8) is 0 Å². The van der Waals surface area contributed by atoms with E-state index >= 15 is 0 Å². The normalized spacial score (nSPS) is 13.3. The van der Waals surface area contributed by atoms with Crippen molar-refractivity contribution in [2.75, 3.05) is 6.61 Å². The lowest BCUT2D eigenvalue weighted by atomic mass is 10.1. The van der Waals surface area contributed by atoms with Crippen LogP contribution >= 0.6 is 15.9 Å². The maximum absolute atomic E-state index is 12.3. The lowest BCUT2D eigenvalue weighted by Crippen LogP contribution is -2.15. The minimum Gasteiger partial charge on any atom is -0.394 e. The zero-order valence-corrected chi connectivity index (χ0v) is 8.84. The molecule has 1 aromatic carbocycles. The number of halogens is 3. The van der Waals surface area contributed by atoms with Gasteiger partial charge in [0.15, 0.2) is 0 Å². The summed E-state index contributed by atoms with van der Waals surface area (Å²) in [6.45, 7) is -0.216. The van der Waals surface area contributed by atoms with Crippen LogP contribution < -0.4 is 5.73 Å². The third kappa shape index (κ3) is 2.50. The Hall–Kier alpha value is -0.520. The summed E-state index contributed by atoms with van der Waals surface area (Å²) in [5.41, 5.74) is 6.11. The van der Waals surface area contributed by atoms with E-state index in [-0.39, 0.29) is 12.2 Å². The summed E-state index contributed by atoms with van der Waals surface area (Å²) in [4.78, 5) is 0. The highest BCUT2D eigenvalue weighted by atomic mass is 79.9. The van der Waals surface area contributed by atoms with E-state index in [1.165, 1.54) is 18.2 Å². The fourth-order valence-electron chi connectivity index (χ4n) is 1.08. The molecule has 0 saturated heterocycles. The molecule has 0 bridgehead atoms. The Morgan fingerprint density at radius 1 is 1.43 bits per heavy atom. The molecule has 1 rings (SSSR count). The molecule has 0 aliphatic rings. The maximum Gasteiger partial charge on any atom is 0.263 e. The first-order chi connectivity index (χ1) is 6.56. The first-order valence-corrected chi connectivity index (χ1v) is 4.79. The molecular formula is C9H10BrF2NO. The van der Waals surface area contributed by atoms with E-state index < -0.39 is 12.5 Å². The highest BCUT2D eigenvalue weighted by molar-refractivity contribution is 9.10. The van der Waals surface area contributed by atoms with Crippen molar-refractivity contribution in [2.45, 2.75) is 12.5 Å². The standard InChI is InChI=1S/C9H10BrF2NO/c10-7-3-5(9(11)12)1-2-6(7)8(13)4-14/h1-3,8-9,14H,4,13H2. The van der Waals surface area contributed by atoms with Gasteiger partial charge in [-0.05, 0) is 11.6 Å². The van der Waals surface area contributed by atoms with Crippen molar-refractivity contribution in [1.29, 1.82) is 0 Å². The molecule has 0 spiro atoms. The third-order valence-electron chi connectivity index (χ3n) is 1.87. The van der Waals surface area contributed by atoms with Gasteiger partial charge in [0.2, 0.25) is 0 Å². The van der Waals surface area contributed by atoms with Gasteiger partial charge in [0.1, 0.15) is 0 Å². The van der Waals surface area contributed by atoms with Crippen LogP contribution in [0.25, 0.3) is 0 Å². The third-order valence-corrected chi connectivity index (χ3v) is 2.56. The van der Waals surface area contributed by atoms with Gasteiger partial charge in [0.05, 0.1) is 12.6 Å². The van der Waals surface area contributed by atoms with Gasteiger partial charge in [-0.2, -0.15) is 0 Å². The molecular weight excluding hydrogens is 256 g/mol. The van der Waals surface area contributed by atoms with Crippen LogP contribution in [-0.4, -0.2) is 11.7 Å². The highest BCUT2D eigenvalue weighted by Crippen LogP contribution is 2.27. The summed E-state index contributed by atoms with van der Waals surface area (Å²) in [7, 11) is 0. The molecule has 78 valence electrons. The van der Waals surface area contributed by atoms with E-state index in [9.17, 15) is 8.78 Å². The van der Waals surface area contributed by atoms with E-state index in [2.05, 4.69) is 15.9 Å². The molecule has 1 atom stereocenters. The molecule has 0 fully saturated rings. The SMILES string of the molecule is NC(CO)c1ccc(C(F)F)cc1Br. The molecule has 5 heteroatoms. The summed E-state index contributed by atoms with van der Waals surface area (Å²) in [6, 6.07) is 3.57. The lowest BCUT2D eigenvalue weighted by Gasteiger charge is -2.11. The van der Waals surface area contributed by atoms with E-state index in [1.807, 2.05) is 0 Å². The van der Waals surface area contributed by atoms with Gasteiger partial charge in [0.25, 0.3) is 6.43 Å². The van der Waals surface area contributed by atoms with Crippen molar-refractivity contribution in [3.05, 3.63) is 33.8 Å². The van der Waals surface area contributed by atoms with Gasteiger partial charge in [-0.15, -0.1) is 0 Å². The second kappa shape index (κ2) is 4.82. The predicted octanol–water partition coefficient (Wildman–Crippen LogP) is 2.38. The fourth-order valence-corrected chi connectivity index (χ4v) is 1.77. The number of hydrogen-bond donors (Lipinski definition) is 2. The van der Waals surface area contributed by atoms with Crippen LogP contribution in [0.5, 0.6) is 0 Å². The van der Waals surface area contributed by atoms with Crippen LogP contribution in [0.15, 0.2) is 22.7 Å². The van der Waals surface area contributed by atoms with Crippen LogP contribution in [0.3, 0.4) is 0 Å². The Kier molecular flexibility index (Phi) is 3.97. The van der Waals surface area contributed by atoms with E-state index in [0.717, 1.165) is 0 Å². The van der Waals surface area contributed by atoms with Crippen LogP contribution in [-0.2, 0) is 0 Å². The summed E-state index contributed by atoms with van der Waals surface area (Å²) in [6.07, 6.45) is -2.49. The average Bonchev–Trinajstić information content (AvgIpc) is 2.16. The summed E-state index contributed by atoms with van der Waals surface area (Å²) in [5, 5.41) is 8.80. The molecule has 0 heterocycles. The Morgan fingerprint density at radius 3 is 2.50 bits per heavy atom. The quantitative estimate of drug-likeness (QED) is 0.882. The molecule has 0 aromatic heterocycles. The van der Waals surface area contributed by atoms with Crippen molar-refractivity contribution in [2.24, 2.45) is 5.73 Å². The smallest absolute Gasteiger partial charge is 0.263 e. The zero-order valence-electron chi connectivity index (χ0n) is 7.25. The summed E-state index contributed by atoms with van der Waals surface area (Å²) in [5.74, 6) is 0. The van der Waals surface area contributed by atoms with E-state index in [0.29, 0.717) is 10.0 Å². The number of hydrogen-bond acceptors (Lipinski definition) is 2. The molecule has 2 nitrogen and oxygen atoms in total. The van der Waals surface area contributed by atoms with Gasteiger partial charge in [-0.25, -0.2) is 8.78 Å². The molecule has 0 aliphatic carbocycles. The zero-order chi connectivity index (χ0) is 10.7. The van der Waals surface area contributed by atoms with Crippen molar-refractivity contribution in [1.82, 2.24) is 0 Å². The predicted molar refractivity (Wildman–Crippen MR) is 53.1 cm³/mol. The monoisotopic (exact) mass is 265 g/mol. The molecule has 0 saturated carbocycles. The number of nitrogens with two attached hydrogens (primary N) is 1. The fraction of sp³-hybridized carbons (Fsp3) is 0.333. The Bertz CT molecular complexity index is 320. The van der Waals surface area contributed by atoms with Crippen molar-refractivity contribution < 1.29 is 13.9 Å². The molecule has 0 aliphatic heterocycles. The number of benzene rings is 1. The van der Waals surface area contributed by atoms with Crippen LogP contribution in [0.2, 0.25) is 0 Å². The van der Waals surface area contributed by atoms with E-state index in [4.69, 9.17) is 10.8 Å². The maximum atomic E-state index is 12.3. The topological polar surface area (TPSA) is 46.2 Å². The highest BCUT2D eigenvalue weighted by Gasteiger charge is 2.12. The van der Waals surface area contributed by atoms with Crippen molar-refractivity contribution in [3.8, 4) is 0 Å². The molecule has 3 N–H and O–H groups in total. The first-order valence-electron chi connectivity index (χ1n) is 4.00. The van der Waals surface area contributed by atoms with E-state index in [1.54, 1.807) is 0 Å². The molecule has 1 unspecified atom stereocenters. The number of aliphatic hydroxyl groups is 1. The summed E-state index contributed by atoms with van der Waals surface area (Å²) < 4.78 is 25.0. The number of rotatable bonds is 3. The summed E-state index contributed by atoms with van der Waals surface area (Å²) >= 11 is 3.13. The Balaban J connectivity index is 3.01. The van der Waals surface area contributed by atoms with Gasteiger partial charge < -0.3 is 10.8 Å². The van der Waals surface area contributed by atoms with Crippen molar-refractivity contribution >= 4 is 15.9 Å². The minimum absolute atomic E-state index is 0.0641. The second-order valence-electron chi connectivity index (χ2n) is 2.87. The Labute approximate surface area is 88.9 Å². The average molecular weight is 266 g/mol. The van der Waals surface area contributed by atoms with Gasteiger partial charge in [0, 0.05) is 10.0 Å². The Morgan fingerprint density at radius 2 is 2.07 bits per heavy atom. The first kappa shape index (κ1) is 11.6.